The van der Waals surface area contributed by atoms with Crippen molar-refractivity contribution in [2.24, 2.45) is 0 Å². The van der Waals surface area contributed by atoms with Crippen LogP contribution in [0.1, 0.15) is 45.7 Å². The van der Waals surface area contributed by atoms with E-state index < -0.39 is 0 Å². The van der Waals surface area contributed by atoms with Crippen LogP contribution >= 0.6 is 0 Å². The lowest BCUT2D eigenvalue weighted by Gasteiger charge is -2.32. The van der Waals surface area contributed by atoms with Crippen LogP contribution in [0.25, 0.3) is 0 Å². The fourth-order valence-electron chi connectivity index (χ4n) is 3.35. The van der Waals surface area contributed by atoms with Gasteiger partial charge in [-0.15, -0.1) is 0 Å². The summed E-state index contributed by atoms with van der Waals surface area (Å²) in [6.07, 6.45) is 0. The Labute approximate surface area is 153 Å². The minimum absolute atomic E-state index is 0.0990. The molecule has 2 N–H and O–H groups in total. The van der Waals surface area contributed by atoms with E-state index in [1.54, 1.807) is 30.3 Å². The van der Waals surface area contributed by atoms with Gasteiger partial charge in [0, 0.05) is 16.8 Å². The Morgan fingerprint density at radius 2 is 1.50 bits per heavy atom. The van der Waals surface area contributed by atoms with Crippen LogP contribution in [-0.2, 0) is 0 Å². The number of phenolic OH excluding ortho intramolecular Hbond substituents is 1. The SMILES string of the molecule is CC[N+](C)(CC)CCNc1ccc(O)c2c1C(=O)c1ccccc1C2=O. The number of anilines is 1. The molecule has 5 nitrogen and oxygen atoms in total. The predicted molar refractivity (Wildman–Crippen MR) is 102 cm³/mol. The zero-order valence-corrected chi connectivity index (χ0v) is 15.5. The smallest absolute Gasteiger partial charge is 0.198 e. The number of aromatic hydroxyl groups is 1. The third-order valence-electron chi connectivity index (χ3n) is 5.55. The first-order chi connectivity index (χ1) is 12.4. The predicted octanol–water partition coefficient (Wildman–Crippen LogP) is 3.07. The van der Waals surface area contributed by atoms with Crippen molar-refractivity contribution in [2.45, 2.75) is 13.8 Å². The van der Waals surface area contributed by atoms with Crippen LogP contribution in [0.3, 0.4) is 0 Å². The molecule has 26 heavy (non-hydrogen) atoms. The summed E-state index contributed by atoms with van der Waals surface area (Å²) in [4.78, 5) is 25.8. The Morgan fingerprint density at radius 3 is 2.08 bits per heavy atom. The molecule has 0 saturated heterocycles. The van der Waals surface area contributed by atoms with Crippen LogP contribution in [0.4, 0.5) is 5.69 Å². The summed E-state index contributed by atoms with van der Waals surface area (Å²) < 4.78 is 0.920. The highest BCUT2D eigenvalue weighted by atomic mass is 16.3. The highest BCUT2D eigenvalue weighted by Gasteiger charge is 2.33. The fourth-order valence-corrected chi connectivity index (χ4v) is 3.35. The monoisotopic (exact) mass is 353 g/mol. The molecular formula is C21H25N2O3+. The number of hydrogen-bond acceptors (Lipinski definition) is 4. The molecule has 2 aromatic rings. The van der Waals surface area contributed by atoms with Crippen molar-refractivity contribution in [3.63, 3.8) is 0 Å². The van der Waals surface area contributed by atoms with Crippen LogP contribution in [0.2, 0.25) is 0 Å². The van der Waals surface area contributed by atoms with E-state index in [1.807, 2.05) is 0 Å². The molecule has 0 saturated carbocycles. The quantitative estimate of drug-likeness (QED) is 0.528. The van der Waals surface area contributed by atoms with Crippen LogP contribution < -0.4 is 5.32 Å². The number of nitrogens with zero attached hydrogens (tertiary/aromatic N) is 1. The zero-order chi connectivity index (χ0) is 18.9. The van der Waals surface area contributed by atoms with Gasteiger partial charge in [-0.1, -0.05) is 24.3 Å². The Balaban J connectivity index is 1.96. The summed E-state index contributed by atoms with van der Waals surface area (Å²) in [5, 5.41) is 13.5. The van der Waals surface area contributed by atoms with E-state index in [2.05, 4.69) is 26.2 Å². The first kappa shape index (κ1) is 18.1. The second-order valence-electron chi connectivity index (χ2n) is 6.99. The average Bonchev–Trinajstić information content (AvgIpc) is 2.67. The number of carbonyl (C=O) groups excluding carboxylic acids is 2. The van der Waals surface area contributed by atoms with E-state index in [-0.39, 0.29) is 28.4 Å². The van der Waals surface area contributed by atoms with Gasteiger partial charge in [-0.05, 0) is 26.0 Å². The molecule has 3 rings (SSSR count). The van der Waals surface area contributed by atoms with Crippen molar-refractivity contribution in [3.05, 3.63) is 58.7 Å². The van der Waals surface area contributed by atoms with E-state index in [4.69, 9.17) is 0 Å². The molecular weight excluding hydrogens is 328 g/mol. The van der Waals surface area contributed by atoms with Crippen LogP contribution in [-0.4, -0.2) is 54.4 Å². The van der Waals surface area contributed by atoms with Gasteiger partial charge in [-0.25, -0.2) is 0 Å². The molecule has 0 fully saturated rings. The molecule has 136 valence electrons. The second kappa shape index (κ2) is 6.92. The molecule has 0 spiro atoms. The summed E-state index contributed by atoms with van der Waals surface area (Å²) in [5.74, 6) is -0.683. The molecule has 0 amide bonds. The second-order valence-corrected chi connectivity index (χ2v) is 6.99. The van der Waals surface area contributed by atoms with Crippen LogP contribution in [0.5, 0.6) is 5.75 Å². The lowest BCUT2D eigenvalue weighted by atomic mass is 9.82. The van der Waals surface area contributed by atoms with Crippen molar-refractivity contribution in [1.82, 2.24) is 0 Å². The van der Waals surface area contributed by atoms with Crippen LogP contribution in [0.15, 0.2) is 36.4 Å². The van der Waals surface area contributed by atoms with Gasteiger partial charge in [0.15, 0.2) is 11.6 Å². The Morgan fingerprint density at radius 1 is 0.923 bits per heavy atom. The molecule has 1 aliphatic carbocycles. The van der Waals surface area contributed by atoms with Gasteiger partial charge in [0.1, 0.15) is 5.75 Å². The summed E-state index contributed by atoms with van der Waals surface area (Å²) in [7, 11) is 2.19. The van der Waals surface area contributed by atoms with E-state index in [9.17, 15) is 14.7 Å². The van der Waals surface area contributed by atoms with E-state index in [0.29, 0.717) is 23.4 Å². The molecule has 0 heterocycles. The first-order valence-electron chi connectivity index (χ1n) is 9.03. The topological polar surface area (TPSA) is 66.4 Å². The maximum Gasteiger partial charge on any atom is 0.198 e. The average molecular weight is 353 g/mol. The number of benzene rings is 2. The lowest BCUT2D eigenvalue weighted by Crippen LogP contribution is -2.46. The zero-order valence-electron chi connectivity index (χ0n) is 15.5. The number of hydrogen-bond donors (Lipinski definition) is 2. The Bertz CT molecular complexity index is 870. The summed E-state index contributed by atoms with van der Waals surface area (Å²) >= 11 is 0. The normalized spacial score (nSPS) is 13.3. The minimum Gasteiger partial charge on any atom is -0.507 e. The highest BCUT2D eigenvalue weighted by Crippen LogP contribution is 2.36. The van der Waals surface area contributed by atoms with Gasteiger partial charge in [0.25, 0.3) is 0 Å². The summed E-state index contributed by atoms with van der Waals surface area (Å²) in [6.45, 7) is 7.95. The molecule has 1 aliphatic rings. The lowest BCUT2D eigenvalue weighted by molar-refractivity contribution is -0.904. The number of phenols is 1. The number of carbonyl (C=O) groups is 2. The van der Waals surface area contributed by atoms with Crippen molar-refractivity contribution >= 4 is 17.3 Å². The maximum absolute atomic E-state index is 13.0. The number of rotatable bonds is 6. The van der Waals surface area contributed by atoms with E-state index in [1.165, 1.54) is 6.07 Å². The summed E-state index contributed by atoms with van der Waals surface area (Å²) in [6, 6.07) is 9.92. The third kappa shape index (κ3) is 2.99. The maximum atomic E-state index is 13.0. The standard InChI is InChI=1S/C21H24N2O3/c1-4-23(3,5-2)13-12-22-16-10-11-17(24)19-18(16)20(25)14-8-6-7-9-15(14)21(19)26/h6-11H,4-5,12-13H2,1-3H3,(H-,22,24,25,26)/p+1. The number of ketones is 2. The van der Waals surface area contributed by atoms with Gasteiger partial charge in [-0.2, -0.15) is 0 Å². The van der Waals surface area contributed by atoms with Gasteiger partial charge in [0.2, 0.25) is 0 Å². The fraction of sp³-hybridized carbons (Fsp3) is 0.333. The van der Waals surface area contributed by atoms with Crippen molar-refractivity contribution in [3.8, 4) is 5.75 Å². The van der Waals surface area contributed by atoms with Gasteiger partial charge in [0.05, 0.1) is 44.4 Å². The number of likely N-dealkylation sites (N-methyl/N-ethyl adjacent to an activating group) is 1. The summed E-state index contributed by atoms with van der Waals surface area (Å²) in [5.41, 5.74) is 1.71. The van der Waals surface area contributed by atoms with Gasteiger partial charge in [-0.3, -0.25) is 9.59 Å². The molecule has 0 aromatic heterocycles. The largest absolute Gasteiger partial charge is 0.507 e. The molecule has 0 unspecified atom stereocenters. The van der Waals surface area contributed by atoms with Gasteiger partial charge < -0.3 is 14.9 Å². The Kier molecular flexibility index (Phi) is 4.83. The molecule has 5 heteroatoms. The van der Waals surface area contributed by atoms with Crippen molar-refractivity contribution in [2.75, 3.05) is 38.5 Å². The number of fused-ring (bicyclic) bond motifs is 2. The van der Waals surface area contributed by atoms with Crippen LogP contribution in [0, 0.1) is 0 Å². The third-order valence-corrected chi connectivity index (χ3v) is 5.55. The molecule has 0 radical (unpaired) electrons. The highest BCUT2D eigenvalue weighted by molar-refractivity contribution is 6.31. The van der Waals surface area contributed by atoms with Crippen molar-refractivity contribution < 1.29 is 19.2 Å². The number of nitrogens with one attached hydrogen (secondary N) is 1. The Hall–Kier alpha value is -2.66. The molecule has 2 aromatic carbocycles. The molecule has 0 aliphatic heterocycles. The van der Waals surface area contributed by atoms with Crippen molar-refractivity contribution in [1.29, 1.82) is 0 Å². The minimum atomic E-state index is -0.306. The first-order valence-corrected chi connectivity index (χ1v) is 9.03. The molecule has 0 bridgehead atoms. The number of quaternary nitrogens is 1. The van der Waals surface area contributed by atoms with E-state index >= 15 is 0 Å². The molecule has 0 atom stereocenters. The van der Waals surface area contributed by atoms with E-state index in [0.717, 1.165) is 24.1 Å². The van der Waals surface area contributed by atoms with Gasteiger partial charge >= 0.3 is 0 Å².